The highest BCUT2D eigenvalue weighted by Crippen LogP contribution is 2.43. The molecule has 0 unspecified atom stereocenters. The molecule has 4 N–H and O–H groups in total. The molecule has 0 bridgehead atoms. The number of hydrogen-bond donors (Lipinski definition) is 4. The predicted octanol–water partition coefficient (Wildman–Crippen LogP) is 15.7. The Balaban J connectivity index is 1.56. The lowest BCUT2D eigenvalue weighted by molar-refractivity contribution is 0.422. The van der Waals surface area contributed by atoms with Crippen LogP contribution in [0.3, 0.4) is 0 Å². The summed E-state index contributed by atoms with van der Waals surface area (Å²) in [6, 6.07) is 17.6. The molecule has 0 aromatic heterocycles. The van der Waals surface area contributed by atoms with E-state index in [4.69, 9.17) is 0 Å². The summed E-state index contributed by atoms with van der Waals surface area (Å²) in [5.41, 5.74) is 11.9. The van der Waals surface area contributed by atoms with Gasteiger partial charge in [0.15, 0.2) is 0 Å². The topological polar surface area (TPSA) is 80.9 Å². The fourth-order valence-corrected chi connectivity index (χ4v) is 11.1. The predicted molar refractivity (Wildman–Crippen MR) is 284 cm³/mol. The first-order chi connectivity index (χ1) is 29.2. The second kappa shape index (κ2) is 20.6. The lowest BCUT2D eigenvalue weighted by atomic mass is 9.78. The highest BCUT2D eigenvalue weighted by molar-refractivity contribution is 7.99. The number of rotatable bonds is 15. The molecule has 0 heterocycles. The molecule has 0 atom stereocenters. The summed E-state index contributed by atoms with van der Waals surface area (Å²) in [6.45, 7) is 38.9. The van der Waals surface area contributed by atoms with Gasteiger partial charge in [0.1, 0.15) is 23.0 Å². The van der Waals surface area contributed by atoms with Crippen molar-refractivity contribution in [1.29, 1.82) is 0 Å². The van der Waals surface area contributed by atoms with E-state index in [0.717, 1.165) is 98.3 Å². The third-order valence-electron chi connectivity index (χ3n) is 12.1. The second-order valence-electron chi connectivity index (χ2n) is 24.3. The number of aryl methyl sites for hydroxylation is 3. The molecule has 0 aliphatic rings. The van der Waals surface area contributed by atoms with Gasteiger partial charge >= 0.3 is 0 Å². The van der Waals surface area contributed by atoms with Crippen LogP contribution in [-0.4, -0.2) is 37.7 Å². The van der Waals surface area contributed by atoms with Gasteiger partial charge in [0, 0.05) is 28.4 Å². The molecule has 0 saturated heterocycles. The van der Waals surface area contributed by atoms with E-state index in [1.807, 2.05) is 35.3 Å². The number of phenols is 4. The molecule has 0 saturated carbocycles. The van der Waals surface area contributed by atoms with Gasteiger partial charge in [-0.1, -0.05) is 173 Å². The molecule has 0 fully saturated rings. The average Bonchev–Trinajstić information content (AvgIpc) is 3.13. The van der Waals surface area contributed by atoms with Gasteiger partial charge in [0.25, 0.3) is 0 Å². The first-order valence-electron chi connectivity index (χ1n) is 23.4. The van der Waals surface area contributed by atoms with Crippen molar-refractivity contribution >= 4 is 35.3 Å². The van der Waals surface area contributed by atoms with Crippen LogP contribution < -0.4 is 0 Å². The van der Waals surface area contributed by atoms with Crippen LogP contribution in [0.4, 0.5) is 0 Å². The van der Waals surface area contributed by atoms with Crippen molar-refractivity contribution in [2.45, 2.75) is 194 Å². The van der Waals surface area contributed by atoms with E-state index >= 15 is 0 Å². The van der Waals surface area contributed by atoms with Gasteiger partial charge in [-0.05, 0) is 125 Å². The number of thioether (sulfide) groups is 3. The Labute approximate surface area is 402 Å². The van der Waals surface area contributed by atoms with E-state index in [-0.39, 0.29) is 32.5 Å². The zero-order valence-electron chi connectivity index (χ0n) is 43.0. The van der Waals surface area contributed by atoms with Crippen molar-refractivity contribution in [3.8, 4) is 23.0 Å². The molecule has 64 heavy (non-hydrogen) atoms. The summed E-state index contributed by atoms with van der Waals surface area (Å²) in [5, 5.41) is 45.7. The van der Waals surface area contributed by atoms with Crippen LogP contribution in [0, 0.1) is 0 Å². The van der Waals surface area contributed by atoms with Crippen molar-refractivity contribution in [1.82, 2.24) is 0 Å². The van der Waals surface area contributed by atoms with Crippen molar-refractivity contribution in [3.05, 3.63) is 115 Å². The Bertz CT molecular complexity index is 2010. The first kappa shape index (κ1) is 53.7. The lowest BCUT2D eigenvalue weighted by Gasteiger charge is -2.28. The van der Waals surface area contributed by atoms with E-state index in [9.17, 15) is 20.4 Å². The average molecular weight is 929 g/mol. The van der Waals surface area contributed by atoms with E-state index in [2.05, 4.69) is 173 Å². The number of phenolic OH excluding ortho intramolecular Hbond substituents is 4. The maximum atomic E-state index is 11.8. The first-order valence-corrected chi connectivity index (χ1v) is 26.8. The minimum atomic E-state index is -0.171. The third kappa shape index (κ3) is 14.3. The SMILES string of the molecule is CC(C)(C)c1cc(CCSCc2cc(CSCCc3cc(C(C)(C)C)c(O)c(C(C)(C)C)c3)c(O)c(CSCCc3cc(C(C)(C)C)c(O)c(C(C)(C)C)c3)c2)cc(C(C)(C)C)c1O. The Kier molecular flexibility index (Phi) is 17.3. The van der Waals surface area contributed by atoms with Crippen molar-refractivity contribution < 1.29 is 20.4 Å². The number of benzene rings is 4. The van der Waals surface area contributed by atoms with Crippen LogP contribution in [-0.2, 0) is 69.0 Å². The van der Waals surface area contributed by atoms with Gasteiger partial charge < -0.3 is 20.4 Å². The maximum absolute atomic E-state index is 11.8. The van der Waals surface area contributed by atoms with Crippen molar-refractivity contribution in [2.75, 3.05) is 17.3 Å². The minimum absolute atomic E-state index is 0.161. The molecule has 4 nitrogen and oxygen atoms in total. The monoisotopic (exact) mass is 929 g/mol. The summed E-state index contributed by atoms with van der Waals surface area (Å²) in [5.74, 6) is 6.71. The quantitative estimate of drug-likeness (QED) is 0.0885. The summed E-state index contributed by atoms with van der Waals surface area (Å²) in [7, 11) is 0. The van der Waals surface area contributed by atoms with Crippen molar-refractivity contribution in [2.24, 2.45) is 0 Å². The van der Waals surface area contributed by atoms with Gasteiger partial charge in [0.05, 0.1) is 0 Å². The van der Waals surface area contributed by atoms with Gasteiger partial charge in [-0.15, -0.1) is 0 Å². The summed E-state index contributed by atoms with van der Waals surface area (Å²) < 4.78 is 0. The Morgan fingerprint density at radius 3 is 0.734 bits per heavy atom. The van der Waals surface area contributed by atoms with E-state index in [1.165, 1.54) is 22.3 Å². The highest BCUT2D eigenvalue weighted by Gasteiger charge is 2.29. The third-order valence-corrected chi connectivity index (χ3v) is 15.1. The Morgan fingerprint density at radius 2 is 0.516 bits per heavy atom. The summed E-state index contributed by atoms with van der Waals surface area (Å²) in [4.78, 5) is 0. The van der Waals surface area contributed by atoms with Gasteiger partial charge in [-0.25, -0.2) is 0 Å². The maximum Gasteiger partial charge on any atom is 0.123 e. The molecule has 4 aromatic carbocycles. The smallest absolute Gasteiger partial charge is 0.123 e. The van der Waals surface area contributed by atoms with E-state index in [0.29, 0.717) is 23.0 Å². The van der Waals surface area contributed by atoms with Gasteiger partial charge in [-0.2, -0.15) is 35.3 Å². The van der Waals surface area contributed by atoms with E-state index in [1.54, 1.807) is 0 Å². The van der Waals surface area contributed by atoms with Crippen LogP contribution in [0.25, 0.3) is 0 Å². The molecule has 4 aromatic rings. The fourth-order valence-electron chi connectivity index (χ4n) is 8.21. The highest BCUT2D eigenvalue weighted by atomic mass is 32.2. The molecular weight excluding hydrogens is 845 g/mol. The molecule has 4 rings (SSSR count). The Hall–Kier alpha value is -2.87. The van der Waals surface area contributed by atoms with E-state index < -0.39 is 0 Å². The van der Waals surface area contributed by atoms with Crippen LogP contribution in [0.2, 0.25) is 0 Å². The molecule has 7 heteroatoms. The van der Waals surface area contributed by atoms with Crippen molar-refractivity contribution in [3.63, 3.8) is 0 Å². The summed E-state index contributed by atoms with van der Waals surface area (Å²) in [6.07, 6.45) is 2.68. The minimum Gasteiger partial charge on any atom is -0.507 e. The molecule has 354 valence electrons. The zero-order chi connectivity index (χ0) is 48.4. The molecule has 0 aliphatic heterocycles. The number of hydrogen-bond acceptors (Lipinski definition) is 7. The Morgan fingerprint density at radius 1 is 0.297 bits per heavy atom. The molecular formula is C57H84O4S3. The molecule has 0 spiro atoms. The summed E-state index contributed by atoms with van der Waals surface area (Å²) >= 11 is 5.63. The van der Waals surface area contributed by atoms with Crippen LogP contribution in [0.1, 0.15) is 191 Å². The second-order valence-corrected chi connectivity index (χ2v) is 27.6. The molecule has 0 radical (unpaired) electrons. The largest absolute Gasteiger partial charge is 0.507 e. The molecule has 0 aliphatic carbocycles. The lowest BCUT2D eigenvalue weighted by Crippen LogP contribution is -2.18. The van der Waals surface area contributed by atoms with Crippen LogP contribution in [0.5, 0.6) is 23.0 Å². The fraction of sp³-hybridized carbons (Fsp3) is 0.579. The van der Waals surface area contributed by atoms with Gasteiger partial charge in [-0.3, -0.25) is 0 Å². The normalized spacial score (nSPS) is 13.2. The molecule has 0 amide bonds. The van der Waals surface area contributed by atoms with Gasteiger partial charge in [0.2, 0.25) is 0 Å². The standard InChI is InChI=1S/C57H84O4S3/c1-52(2,3)42-27-36(28-43(49(42)59)53(4,5)6)19-22-62-33-39-25-40(34-63-23-20-37-29-44(54(7,8)9)50(60)45(30-37)55(10,11)12)48(58)41(26-39)35-64-24-21-38-31-46(56(13,14)15)51(61)47(32-38)57(16,17)18/h25-32,58-61H,19-24,33-35H2,1-18H3. The number of aromatic hydroxyl groups is 4. The zero-order valence-corrected chi connectivity index (χ0v) is 45.4. The van der Waals surface area contributed by atoms with Crippen LogP contribution >= 0.6 is 35.3 Å². The van der Waals surface area contributed by atoms with Crippen LogP contribution in [0.15, 0.2) is 48.5 Å².